The Hall–Kier alpha value is -1.65. The maximum absolute atomic E-state index is 12.1. The molecule has 1 N–H and O–H groups in total. The van der Waals surface area contributed by atoms with Crippen LogP contribution >= 0.6 is 0 Å². The molecule has 2 aliphatic rings. The summed E-state index contributed by atoms with van der Waals surface area (Å²) in [7, 11) is 0. The summed E-state index contributed by atoms with van der Waals surface area (Å²) >= 11 is 0. The quantitative estimate of drug-likeness (QED) is 0.924. The van der Waals surface area contributed by atoms with E-state index in [0.29, 0.717) is 0 Å². The fourth-order valence-corrected chi connectivity index (χ4v) is 3.11. The summed E-state index contributed by atoms with van der Waals surface area (Å²) in [5.41, 5.74) is 2.00. The van der Waals surface area contributed by atoms with Gasteiger partial charge in [-0.05, 0) is 45.6 Å². The molecule has 0 aromatic carbocycles. The van der Waals surface area contributed by atoms with Crippen molar-refractivity contribution in [2.75, 3.05) is 18.0 Å². The number of amides is 1. The first-order valence-corrected chi connectivity index (χ1v) is 7.99. The molecular weight excluding hydrogens is 264 g/mol. The number of carbonyl (C=O) groups is 1. The normalized spacial score (nSPS) is 22.8. The molecule has 1 aliphatic carbocycles. The molecule has 1 unspecified atom stereocenters. The van der Waals surface area contributed by atoms with Crippen LogP contribution in [0.3, 0.4) is 0 Å². The van der Waals surface area contributed by atoms with Gasteiger partial charge in [0.2, 0.25) is 11.9 Å². The van der Waals surface area contributed by atoms with Crippen LogP contribution in [0.15, 0.2) is 6.07 Å². The molecule has 1 aliphatic heterocycles. The SMILES string of the molecule is Cc1cc(C)nc(N2CCCC(NC(=O)C3CCC3)C2)n1. The van der Waals surface area contributed by atoms with Gasteiger partial charge in [-0.25, -0.2) is 9.97 Å². The Bertz CT molecular complexity index is 507. The van der Waals surface area contributed by atoms with Crippen LogP contribution in [0.2, 0.25) is 0 Å². The maximum atomic E-state index is 12.1. The number of hydrogen-bond donors (Lipinski definition) is 1. The molecule has 2 heterocycles. The van der Waals surface area contributed by atoms with Crippen molar-refractivity contribution in [3.63, 3.8) is 0 Å². The molecule has 5 nitrogen and oxygen atoms in total. The highest BCUT2D eigenvalue weighted by atomic mass is 16.2. The van der Waals surface area contributed by atoms with Crippen LogP contribution in [0.5, 0.6) is 0 Å². The van der Waals surface area contributed by atoms with Crippen LogP contribution < -0.4 is 10.2 Å². The first-order chi connectivity index (χ1) is 10.1. The smallest absolute Gasteiger partial charge is 0.225 e. The van der Waals surface area contributed by atoms with Gasteiger partial charge in [0.25, 0.3) is 0 Å². The van der Waals surface area contributed by atoms with Gasteiger partial charge < -0.3 is 10.2 Å². The van der Waals surface area contributed by atoms with Gasteiger partial charge in [-0.1, -0.05) is 6.42 Å². The fraction of sp³-hybridized carbons (Fsp3) is 0.688. The van der Waals surface area contributed by atoms with E-state index in [1.165, 1.54) is 6.42 Å². The Morgan fingerprint density at radius 2 is 1.90 bits per heavy atom. The van der Waals surface area contributed by atoms with Gasteiger partial charge in [0.1, 0.15) is 0 Å². The lowest BCUT2D eigenvalue weighted by atomic mass is 9.84. The highest BCUT2D eigenvalue weighted by Crippen LogP contribution is 2.27. The third kappa shape index (κ3) is 3.34. The topological polar surface area (TPSA) is 58.1 Å². The molecule has 1 aromatic rings. The van der Waals surface area contributed by atoms with Crippen molar-refractivity contribution in [1.29, 1.82) is 0 Å². The monoisotopic (exact) mass is 288 g/mol. The van der Waals surface area contributed by atoms with Gasteiger partial charge in [-0.2, -0.15) is 0 Å². The van der Waals surface area contributed by atoms with Crippen LogP contribution in [0.25, 0.3) is 0 Å². The molecular formula is C16H24N4O. The van der Waals surface area contributed by atoms with E-state index in [1.54, 1.807) is 0 Å². The standard InChI is InChI=1S/C16H24N4O/c1-11-9-12(2)18-16(17-11)20-8-4-7-14(10-20)19-15(21)13-5-3-6-13/h9,13-14H,3-8,10H2,1-2H3,(H,19,21). The lowest BCUT2D eigenvalue weighted by molar-refractivity contribution is -0.128. The van der Waals surface area contributed by atoms with Gasteiger partial charge >= 0.3 is 0 Å². The van der Waals surface area contributed by atoms with Crippen molar-refractivity contribution in [2.24, 2.45) is 5.92 Å². The summed E-state index contributed by atoms with van der Waals surface area (Å²) in [5.74, 6) is 1.31. The number of nitrogens with one attached hydrogen (secondary N) is 1. The summed E-state index contributed by atoms with van der Waals surface area (Å²) < 4.78 is 0. The van der Waals surface area contributed by atoms with E-state index in [-0.39, 0.29) is 17.9 Å². The van der Waals surface area contributed by atoms with Gasteiger partial charge in [-0.15, -0.1) is 0 Å². The molecule has 114 valence electrons. The maximum Gasteiger partial charge on any atom is 0.225 e. The van der Waals surface area contributed by atoms with Crippen LogP contribution in [0.1, 0.15) is 43.5 Å². The largest absolute Gasteiger partial charge is 0.351 e. The summed E-state index contributed by atoms with van der Waals surface area (Å²) in [4.78, 5) is 23.4. The van der Waals surface area contributed by atoms with Crippen molar-refractivity contribution in [3.05, 3.63) is 17.5 Å². The van der Waals surface area contributed by atoms with E-state index < -0.39 is 0 Å². The van der Waals surface area contributed by atoms with E-state index in [2.05, 4.69) is 20.2 Å². The van der Waals surface area contributed by atoms with E-state index in [9.17, 15) is 4.79 Å². The molecule has 1 amide bonds. The Kier molecular flexibility index (Phi) is 4.08. The minimum atomic E-state index is 0.233. The summed E-state index contributed by atoms with van der Waals surface area (Å²) in [6, 6.07) is 2.22. The van der Waals surface area contributed by atoms with Crippen molar-refractivity contribution in [3.8, 4) is 0 Å². The summed E-state index contributed by atoms with van der Waals surface area (Å²) in [6.07, 6.45) is 5.45. The predicted molar refractivity (Wildman–Crippen MR) is 82.2 cm³/mol. The predicted octanol–water partition coefficient (Wildman–Crippen LogP) is 1.98. The average Bonchev–Trinajstić information content (AvgIpc) is 2.35. The van der Waals surface area contributed by atoms with Crippen LogP contribution in [0.4, 0.5) is 5.95 Å². The lowest BCUT2D eigenvalue weighted by Gasteiger charge is -2.35. The Morgan fingerprint density at radius 3 is 2.52 bits per heavy atom. The zero-order valence-corrected chi connectivity index (χ0v) is 12.9. The van der Waals surface area contributed by atoms with Crippen LogP contribution in [-0.4, -0.2) is 35.0 Å². The molecule has 21 heavy (non-hydrogen) atoms. The molecule has 0 spiro atoms. The number of anilines is 1. The number of rotatable bonds is 3. The van der Waals surface area contributed by atoms with Crippen molar-refractivity contribution >= 4 is 11.9 Å². The minimum Gasteiger partial charge on any atom is -0.351 e. The second kappa shape index (κ2) is 6.00. The van der Waals surface area contributed by atoms with Gasteiger partial charge in [0.15, 0.2) is 0 Å². The lowest BCUT2D eigenvalue weighted by Crippen LogP contribution is -2.50. The number of aromatic nitrogens is 2. The Labute approximate surface area is 126 Å². The second-order valence-corrected chi connectivity index (χ2v) is 6.37. The third-order valence-electron chi connectivity index (χ3n) is 4.50. The van der Waals surface area contributed by atoms with Gasteiger partial charge in [0.05, 0.1) is 0 Å². The molecule has 2 fully saturated rings. The molecule has 0 bridgehead atoms. The zero-order valence-electron chi connectivity index (χ0n) is 12.9. The number of carbonyl (C=O) groups excluding carboxylic acids is 1. The van der Waals surface area contributed by atoms with E-state index in [4.69, 9.17) is 0 Å². The number of hydrogen-bond acceptors (Lipinski definition) is 4. The van der Waals surface area contributed by atoms with Crippen molar-refractivity contribution < 1.29 is 4.79 Å². The minimum absolute atomic E-state index is 0.233. The fourth-order valence-electron chi connectivity index (χ4n) is 3.11. The Morgan fingerprint density at radius 1 is 1.19 bits per heavy atom. The van der Waals surface area contributed by atoms with E-state index in [1.807, 2.05) is 19.9 Å². The first kappa shape index (κ1) is 14.3. The molecule has 5 heteroatoms. The molecule has 1 saturated heterocycles. The molecule has 3 rings (SSSR count). The van der Waals surface area contributed by atoms with Crippen molar-refractivity contribution in [1.82, 2.24) is 15.3 Å². The highest BCUT2D eigenvalue weighted by molar-refractivity contribution is 5.79. The van der Waals surface area contributed by atoms with E-state index in [0.717, 1.165) is 56.1 Å². The van der Waals surface area contributed by atoms with E-state index >= 15 is 0 Å². The first-order valence-electron chi connectivity index (χ1n) is 7.99. The highest BCUT2D eigenvalue weighted by Gasteiger charge is 2.29. The second-order valence-electron chi connectivity index (χ2n) is 6.37. The average molecular weight is 288 g/mol. The summed E-state index contributed by atoms with van der Waals surface area (Å²) in [6.45, 7) is 5.79. The van der Waals surface area contributed by atoms with Crippen LogP contribution in [-0.2, 0) is 4.79 Å². The number of piperidine rings is 1. The van der Waals surface area contributed by atoms with Crippen molar-refractivity contribution in [2.45, 2.75) is 52.0 Å². The van der Waals surface area contributed by atoms with Gasteiger partial charge in [-0.3, -0.25) is 4.79 Å². The summed E-state index contributed by atoms with van der Waals surface area (Å²) in [5, 5.41) is 3.21. The van der Waals surface area contributed by atoms with Crippen LogP contribution in [0, 0.1) is 19.8 Å². The zero-order chi connectivity index (χ0) is 14.8. The number of nitrogens with zero attached hydrogens (tertiary/aromatic N) is 3. The molecule has 1 aromatic heterocycles. The third-order valence-corrected chi connectivity index (χ3v) is 4.50. The molecule has 0 radical (unpaired) electrons. The van der Waals surface area contributed by atoms with Gasteiger partial charge in [0, 0.05) is 36.4 Å². The number of aryl methyl sites for hydroxylation is 2. The molecule has 1 atom stereocenters. The Balaban J connectivity index is 1.63. The molecule has 1 saturated carbocycles.